The van der Waals surface area contributed by atoms with Crippen LogP contribution >= 0.6 is 0 Å². The molecule has 3 heteroatoms. The van der Waals surface area contributed by atoms with Gasteiger partial charge in [-0.3, -0.25) is 4.21 Å². The molecular formula is C19H23NOS. The van der Waals surface area contributed by atoms with Gasteiger partial charge in [-0.05, 0) is 41.5 Å². The molecule has 116 valence electrons. The highest BCUT2D eigenvalue weighted by atomic mass is 32.2. The van der Waals surface area contributed by atoms with E-state index in [1.807, 2.05) is 12.1 Å². The molecule has 1 aliphatic carbocycles. The zero-order chi connectivity index (χ0) is 15.5. The highest BCUT2D eigenvalue weighted by Gasteiger charge is 2.39. The van der Waals surface area contributed by atoms with Crippen molar-refractivity contribution in [3.63, 3.8) is 0 Å². The molecular weight excluding hydrogens is 290 g/mol. The molecule has 1 saturated carbocycles. The Labute approximate surface area is 135 Å². The summed E-state index contributed by atoms with van der Waals surface area (Å²) in [7, 11) is -0.902. The Morgan fingerprint density at radius 3 is 2.32 bits per heavy atom. The molecule has 0 saturated heterocycles. The highest BCUT2D eigenvalue weighted by Crippen LogP contribution is 2.47. The second kappa shape index (κ2) is 6.76. The van der Waals surface area contributed by atoms with Gasteiger partial charge in [0.05, 0.1) is 0 Å². The van der Waals surface area contributed by atoms with Crippen LogP contribution in [0.5, 0.6) is 0 Å². The van der Waals surface area contributed by atoms with Gasteiger partial charge in [0.25, 0.3) is 0 Å². The SMILES string of the molecule is C[C@@H]1C[C@@H]1[C@@H](NCc1ccc([S@@](C)=O)cc1)c1ccccc1. The second-order valence-electron chi connectivity index (χ2n) is 6.24. The fourth-order valence-corrected chi connectivity index (χ4v) is 3.54. The molecule has 0 aromatic heterocycles. The van der Waals surface area contributed by atoms with Gasteiger partial charge < -0.3 is 5.32 Å². The van der Waals surface area contributed by atoms with Crippen molar-refractivity contribution in [3.8, 4) is 0 Å². The van der Waals surface area contributed by atoms with E-state index in [9.17, 15) is 4.21 Å². The molecule has 2 aromatic carbocycles. The summed E-state index contributed by atoms with van der Waals surface area (Å²) < 4.78 is 11.4. The molecule has 0 heterocycles. The summed E-state index contributed by atoms with van der Waals surface area (Å²) >= 11 is 0. The third-order valence-electron chi connectivity index (χ3n) is 4.54. The molecule has 2 nitrogen and oxygen atoms in total. The predicted octanol–water partition coefficient (Wildman–Crippen LogP) is 3.91. The van der Waals surface area contributed by atoms with Crippen molar-refractivity contribution in [2.24, 2.45) is 11.8 Å². The van der Waals surface area contributed by atoms with Crippen molar-refractivity contribution in [2.75, 3.05) is 6.26 Å². The van der Waals surface area contributed by atoms with Gasteiger partial charge in [0, 0.05) is 34.5 Å². The van der Waals surface area contributed by atoms with Crippen LogP contribution in [0.3, 0.4) is 0 Å². The van der Waals surface area contributed by atoms with Crippen LogP contribution in [0.15, 0.2) is 59.5 Å². The average molecular weight is 313 g/mol. The summed E-state index contributed by atoms with van der Waals surface area (Å²) in [4.78, 5) is 0.888. The molecule has 1 aliphatic rings. The Morgan fingerprint density at radius 2 is 1.77 bits per heavy atom. The van der Waals surface area contributed by atoms with Crippen LogP contribution in [0.25, 0.3) is 0 Å². The summed E-state index contributed by atoms with van der Waals surface area (Å²) in [5, 5.41) is 3.72. The summed E-state index contributed by atoms with van der Waals surface area (Å²) in [5.74, 6) is 1.55. The standard InChI is InChI=1S/C19H23NOS/c1-14-12-18(14)19(16-6-4-3-5-7-16)20-13-15-8-10-17(11-9-15)22(2)21/h3-11,14,18-20H,12-13H2,1-2H3/t14-,18+,19+,22-/m1/s1. The average Bonchev–Trinajstić information content (AvgIpc) is 3.25. The van der Waals surface area contributed by atoms with Gasteiger partial charge in [0.1, 0.15) is 0 Å². The summed E-state index contributed by atoms with van der Waals surface area (Å²) in [6.07, 6.45) is 3.02. The monoisotopic (exact) mass is 313 g/mol. The normalized spacial score (nSPS) is 23.0. The van der Waals surface area contributed by atoms with E-state index in [-0.39, 0.29) is 0 Å². The minimum Gasteiger partial charge on any atom is -0.306 e. The zero-order valence-corrected chi connectivity index (χ0v) is 14.0. The van der Waals surface area contributed by atoms with Crippen molar-refractivity contribution in [1.82, 2.24) is 5.32 Å². The molecule has 0 radical (unpaired) electrons. The first-order valence-corrected chi connectivity index (χ1v) is 9.41. The first-order chi connectivity index (χ1) is 10.6. The topological polar surface area (TPSA) is 29.1 Å². The Morgan fingerprint density at radius 1 is 1.14 bits per heavy atom. The Hall–Kier alpha value is -1.45. The number of benzene rings is 2. The minimum absolute atomic E-state index is 0.427. The van der Waals surface area contributed by atoms with Gasteiger partial charge in [-0.25, -0.2) is 0 Å². The van der Waals surface area contributed by atoms with Crippen LogP contribution < -0.4 is 5.32 Å². The van der Waals surface area contributed by atoms with E-state index in [0.29, 0.717) is 6.04 Å². The van der Waals surface area contributed by atoms with Crippen LogP contribution in [-0.4, -0.2) is 10.5 Å². The molecule has 2 aromatic rings. The first kappa shape index (κ1) is 15.4. The van der Waals surface area contributed by atoms with Crippen molar-refractivity contribution in [1.29, 1.82) is 0 Å². The number of hydrogen-bond donors (Lipinski definition) is 1. The third-order valence-corrected chi connectivity index (χ3v) is 5.48. The van der Waals surface area contributed by atoms with Crippen molar-refractivity contribution < 1.29 is 4.21 Å². The van der Waals surface area contributed by atoms with Gasteiger partial charge in [0.2, 0.25) is 0 Å². The molecule has 1 N–H and O–H groups in total. The molecule has 1 fully saturated rings. The van der Waals surface area contributed by atoms with Gasteiger partial charge in [-0.1, -0.05) is 49.4 Å². The first-order valence-electron chi connectivity index (χ1n) is 7.86. The van der Waals surface area contributed by atoms with Crippen LogP contribution in [-0.2, 0) is 17.3 Å². The van der Waals surface area contributed by atoms with E-state index < -0.39 is 10.8 Å². The molecule has 4 atom stereocenters. The van der Waals surface area contributed by atoms with Crippen molar-refractivity contribution in [3.05, 3.63) is 65.7 Å². The Bertz CT molecular complexity index is 638. The fraction of sp³-hybridized carbons (Fsp3) is 0.368. The van der Waals surface area contributed by atoms with Gasteiger partial charge in [-0.2, -0.15) is 0 Å². The molecule has 22 heavy (non-hydrogen) atoms. The predicted molar refractivity (Wildman–Crippen MR) is 92.1 cm³/mol. The zero-order valence-electron chi connectivity index (χ0n) is 13.2. The largest absolute Gasteiger partial charge is 0.306 e. The lowest BCUT2D eigenvalue weighted by Crippen LogP contribution is -2.23. The van der Waals surface area contributed by atoms with E-state index in [1.165, 1.54) is 17.5 Å². The lowest BCUT2D eigenvalue weighted by molar-refractivity contribution is 0.461. The molecule has 0 unspecified atom stereocenters. The minimum atomic E-state index is -0.902. The van der Waals surface area contributed by atoms with Gasteiger partial charge in [-0.15, -0.1) is 0 Å². The maximum Gasteiger partial charge on any atom is 0.0498 e. The highest BCUT2D eigenvalue weighted by molar-refractivity contribution is 7.84. The summed E-state index contributed by atoms with van der Waals surface area (Å²) in [5.41, 5.74) is 2.62. The number of hydrogen-bond acceptors (Lipinski definition) is 2. The second-order valence-corrected chi connectivity index (χ2v) is 7.62. The van der Waals surface area contributed by atoms with E-state index >= 15 is 0 Å². The van der Waals surface area contributed by atoms with Crippen LogP contribution in [0.4, 0.5) is 0 Å². The maximum absolute atomic E-state index is 11.4. The smallest absolute Gasteiger partial charge is 0.0498 e. The third kappa shape index (κ3) is 3.65. The van der Waals surface area contributed by atoms with Gasteiger partial charge in [0.15, 0.2) is 0 Å². The Balaban J connectivity index is 1.68. The molecule has 3 rings (SSSR count). The van der Waals surface area contributed by atoms with E-state index in [2.05, 4.69) is 54.7 Å². The van der Waals surface area contributed by atoms with E-state index in [1.54, 1.807) is 6.26 Å². The number of rotatable bonds is 6. The van der Waals surface area contributed by atoms with Crippen molar-refractivity contribution in [2.45, 2.75) is 30.8 Å². The van der Waals surface area contributed by atoms with Crippen molar-refractivity contribution >= 4 is 10.8 Å². The lowest BCUT2D eigenvalue weighted by Gasteiger charge is -2.19. The van der Waals surface area contributed by atoms with E-state index in [0.717, 1.165) is 23.3 Å². The molecule has 0 bridgehead atoms. The fourth-order valence-electron chi connectivity index (χ4n) is 3.02. The maximum atomic E-state index is 11.4. The van der Waals surface area contributed by atoms with Crippen LogP contribution in [0.2, 0.25) is 0 Å². The molecule has 0 aliphatic heterocycles. The summed E-state index contributed by atoms with van der Waals surface area (Å²) in [6, 6.07) is 19.2. The Kier molecular flexibility index (Phi) is 4.74. The van der Waals surface area contributed by atoms with E-state index in [4.69, 9.17) is 0 Å². The quantitative estimate of drug-likeness (QED) is 0.876. The van der Waals surface area contributed by atoms with Gasteiger partial charge >= 0.3 is 0 Å². The molecule has 0 amide bonds. The molecule has 0 spiro atoms. The lowest BCUT2D eigenvalue weighted by atomic mass is 10.0. The summed E-state index contributed by atoms with van der Waals surface area (Å²) in [6.45, 7) is 3.17. The van der Waals surface area contributed by atoms with Crippen LogP contribution in [0, 0.1) is 11.8 Å². The number of nitrogens with one attached hydrogen (secondary N) is 1. The van der Waals surface area contributed by atoms with Crippen LogP contribution in [0.1, 0.15) is 30.5 Å².